The maximum atomic E-state index is 13.1. The Hall–Kier alpha value is -2.65. The monoisotopic (exact) mass is 404 g/mol. The summed E-state index contributed by atoms with van der Waals surface area (Å²) in [6, 6.07) is 5.28. The minimum absolute atomic E-state index is 0.0861. The van der Waals surface area contributed by atoms with E-state index >= 15 is 0 Å². The van der Waals surface area contributed by atoms with Crippen molar-refractivity contribution in [3.8, 4) is 0 Å². The normalized spacial score (nSPS) is 16.2. The molecule has 2 heterocycles. The van der Waals surface area contributed by atoms with Crippen LogP contribution in [0.1, 0.15) is 20.3 Å². The Morgan fingerprint density at radius 2 is 1.79 bits per heavy atom. The molecule has 0 bridgehead atoms. The summed E-state index contributed by atoms with van der Waals surface area (Å²) in [5, 5.41) is 11.9. The van der Waals surface area contributed by atoms with Gasteiger partial charge in [-0.05, 0) is 24.5 Å². The molecule has 1 aliphatic heterocycles. The van der Waals surface area contributed by atoms with E-state index in [4.69, 9.17) is 4.74 Å². The molecule has 29 heavy (non-hydrogen) atoms. The molecule has 1 amide bonds. The first-order chi connectivity index (χ1) is 13.9. The smallest absolute Gasteiger partial charge is 0.337 e. The van der Waals surface area contributed by atoms with Crippen molar-refractivity contribution >= 4 is 23.0 Å². The van der Waals surface area contributed by atoms with E-state index in [1.54, 1.807) is 22.8 Å². The fraction of sp³-hybridized carbons (Fsp3) is 0.550. The molecular weight excluding hydrogens is 376 g/mol. The number of carboxylic acids is 1. The molecule has 1 atom stereocenters. The van der Waals surface area contributed by atoms with Gasteiger partial charge in [0, 0.05) is 26.2 Å². The van der Waals surface area contributed by atoms with Crippen molar-refractivity contribution in [3.05, 3.63) is 34.7 Å². The highest BCUT2D eigenvalue weighted by Gasteiger charge is 2.25. The number of rotatable bonds is 7. The van der Waals surface area contributed by atoms with Gasteiger partial charge in [-0.1, -0.05) is 26.0 Å². The van der Waals surface area contributed by atoms with Crippen LogP contribution in [0.15, 0.2) is 29.1 Å². The van der Waals surface area contributed by atoms with Crippen molar-refractivity contribution in [2.45, 2.75) is 32.9 Å². The van der Waals surface area contributed by atoms with Crippen LogP contribution >= 0.6 is 0 Å². The molecule has 9 heteroatoms. The number of aromatic nitrogens is 2. The van der Waals surface area contributed by atoms with Gasteiger partial charge in [0.2, 0.25) is 0 Å². The van der Waals surface area contributed by atoms with Crippen molar-refractivity contribution < 1.29 is 19.4 Å². The summed E-state index contributed by atoms with van der Waals surface area (Å²) in [6.45, 7) is 7.83. The lowest BCUT2D eigenvalue weighted by atomic mass is 10.0. The maximum Gasteiger partial charge on any atom is 0.337 e. The number of carboxylic acid groups (broad SMARTS) is 1. The van der Waals surface area contributed by atoms with Gasteiger partial charge in [0.05, 0.1) is 24.2 Å². The number of imidazole rings is 1. The highest BCUT2D eigenvalue weighted by atomic mass is 16.5. The average Bonchev–Trinajstić information content (AvgIpc) is 2.97. The molecule has 0 radical (unpaired) electrons. The van der Waals surface area contributed by atoms with Gasteiger partial charge in [-0.15, -0.1) is 0 Å². The fourth-order valence-corrected chi connectivity index (χ4v) is 3.59. The highest BCUT2D eigenvalue weighted by molar-refractivity contribution is 5.91. The number of benzene rings is 1. The Bertz CT molecular complexity index is 927. The lowest BCUT2D eigenvalue weighted by Crippen LogP contribution is -2.46. The number of carbonyl (C=O) groups excluding carboxylic acids is 1. The van der Waals surface area contributed by atoms with Crippen LogP contribution in [0, 0.1) is 5.92 Å². The number of amides is 1. The molecule has 1 aromatic carbocycles. The summed E-state index contributed by atoms with van der Waals surface area (Å²) < 4.78 is 7.95. The summed E-state index contributed by atoms with van der Waals surface area (Å²) in [5.41, 5.74) is 0.646. The zero-order valence-electron chi connectivity index (χ0n) is 16.8. The lowest BCUT2D eigenvalue weighted by Gasteiger charge is -2.26. The minimum atomic E-state index is -1.11. The number of ether oxygens (including phenoxy) is 1. The highest BCUT2D eigenvalue weighted by Crippen LogP contribution is 2.14. The van der Waals surface area contributed by atoms with E-state index in [2.05, 4.69) is 10.2 Å². The number of para-hydroxylation sites is 2. The number of fused-ring (bicyclic) bond motifs is 1. The number of carbonyl (C=O) groups is 2. The van der Waals surface area contributed by atoms with E-state index < -0.39 is 23.7 Å². The van der Waals surface area contributed by atoms with E-state index in [0.29, 0.717) is 37.3 Å². The fourth-order valence-electron chi connectivity index (χ4n) is 3.59. The van der Waals surface area contributed by atoms with Crippen LogP contribution in [0.3, 0.4) is 0 Å². The zero-order chi connectivity index (χ0) is 21.0. The molecule has 1 aliphatic rings. The van der Waals surface area contributed by atoms with Crippen molar-refractivity contribution in [1.29, 1.82) is 0 Å². The number of morpholine rings is 1. The van der Waals surface area contributed by atoms with Crippen LogP contribution < -0.4 is 11.0 Å². The summed E-state index contributed by atoms with van der Waals surface area (Å²) in [7, 11) is 0. The summed E-state index contributed by atoms with van der Waals surface area (Å²) >= 11 is 0. The maximum absolute atomic E-state index is 13.1. The molecule has 158 valence electrons. The van der Waals surface area contributed by atoms with Gasteiger partial charge in [-0.3, -0.25) is 9.47 Å². The van der Waals surface area contributed by atoms with Crippen LogP contribution in [-0.2, 0) is 16.1 Å². The molecule has 2 aromatic rings. The Labute approximate surface area is 168 Å². The van der Waals surface area contributed by atoms with Crippen LogP contribution in [0.5, 0.6) is 0 Å². The van der Waals surface area contributed by atoms with E-state index in [1.165, 1.54) is 0 Å². The Kier molecular flexibility index (Phi) is 6.71. The van der Waals surface area contributed by atoms with Gasteiger partial charge >= 0.3 is 17.7 Å². The molecule has 0 aliphatic carbocycles. The SMILES string of the molecule is CC(C)C[C@H](NC(=O)n1c(=O)n(CCN2CCOCC2)c2ccccc21)C(=O)O. The van der Waals surface area contributed by atoms with Crippen molar-refractivity contribution in [2.75, 3.05) is 32.8 Å². The molecule has 1 aromatic heterocycles. The third-order valence-corrected chi connectivity index (χ3v) is 5.09. The van der Waals surface area contributed by atoms with Crippen LogP contribution in [0.25, 0.3) is 11.0 Å². The molecule has 2 N–H and O–H groups in total. The van der Waals surface area contributed by atoms with Gasteiger partial charge in [0.1, 0.15) is 6.04 Å². The molecule has 9 nitrogen and oxygen atoms in total. The Morgan fingerprint density at radius 3 is 2.41 bits per heavy atom. The second-order valence-electron chi connectivity index (χ2n) is 7.68. The Morgan fingerprint density at radius 1 is 1.14 bits per heavy atom. The predicted octanol–water partition coefficient (Wildman–Crippen LogP) is 1.19. The molecule has 0 spiro atoms. The second kappa shape index (κ2) is 9.23. The van der Waals surface area contributed by atoms with Gasteiger partial charge in [-0.2, -0.15) is 0 Å². The lowest BCUT2D eigenvalue weighted by molar-refractivity contribution is -0.139. The topological polar surface area (TPSA) is 106 Å². The predicted molar refractivity (Wildman–Crippen MR) is 108 cm³/mol. The third kappa shape index (κ3) is 4.86. The van der Waals surface area contributed by atoms with Gasteiger partial charge in [0.25, 0.3) is 0 Å². The van der Waals surface area contributed by atoms with Gasteiger partial charge in [0.15, 0.2) is 0 Å². The van der Waals surface area contributed by atoms with E-state index in [1.807, 2.05) is 19.9 Å². The molecule has 0 unspecified atom stereocenters. The number of aliphatic carboxylic acids is 1. The number of nitrogens with one attached hydrogen (secondary N) is 1. The molecular formula is C20H28N4O5. The second-order valence-corrected chi connectivity index (χ2v) is 7.68. The van der Waals surface area contributed by atoms with Crippen LogP contribution in [0.4, 0.5) is 4.79 Å². The number of nitrogens with zero attached hydrogens (tertiary/aromatic N) is 3. The summed E-state index contributed by atoms with van der Waals surface area (Å²) in [6.07, 6.45) is 0.283. The molecule has 0 saturated carbocycles. The standard InChI is InChI=1S/C20H28N4O5/c1-14(2)13-15(18(25)26)21-19(27)24-17-6-4-3-5-16(17)23(20(24)28)8-7-22-9-11-29-12-10-22/h3-6,14-15H,7-13H2,1-2H3,(H,21,27)(H,25,26)/t15-/m0/s1. The zero-order valence-corrected chi connectivity index (χ0v) is 16.8. The average molecular weight is 404 g/mol. The van der Waals surface area contributed by atoms with Crippen molar-refractivity contribution in [3.63, 3.8) is 0 Å². The van der Waals surface area contributed by atoms with Crippen molar-refractivity contribution in [2.24, 2.45) is 5.92 Å². The molecule has 1 saturated heterocycles. The quantitative estimate of drug-likeness (QED) is 0.718. The molecule has 3 rings (SSSR count). The number of hydrogen-bond acceptors (Lipinski definition) is 5. The molecule has 1 fully saturated rings. The largest absolute Gasteiger partial charge is 0.480 e. The van der Waals surface area contributed by atoms with E-state index in [-0.39, 0.29) is 12.3 Å². The van der Waals surface area contributed by atoms with Gasteiger partial charge in [-0.25, -0.2) is 19.0 Å². The first kappa shape index (κ1) is 21.1. The van der Waals surface area contributed by atoms with Crippen molar-refractivity contribution in [1.82, 2.24) is 19.4 Å². The summed E-state index contributed by atoms with van der Waals surface area (Å²) in [4.78, 5) is 39.6. The first-order valence-electron chi connectivity index (χ1n) is 9.92. The number of hydrogen-bond donors (Lipinski definition) is 2. The third-order valence-electron chi connectivity index (χ3n) is 5.09. The summed E-state index contributed by atoms with van der Waals surface area (Å²) in [5.74, 6) is -1.03. The van der Waals surface area contributed by atoms with E-state index in [0.717, 1.165) is 17.7 Å². The van der Waals surface area contributed by atoms with Crippen LogP contribution in [0.2, 0.25) is 0 Å². The van der Waals surface area contributed by atoms with Crippen LogP contribution in [-0.4, -0.2) is 70.0 Å². The van der Waals surface area contributed by atoms with Gasteiger partial charge < -0.3 is 15.2 Å². The van der Waals surface area contributed by atoms with E-state index in [9.17, 15) is 19.5 Å². The first-order valence-corrected chi connectivity index (χ1v) is 9.92. The Balaban J connectivity index is 1.87. The minimum Gasteiger partial charge on any atom is -0.480 e.